The number of unbranched alkanes of at least 4 members (excludes halogenated alkanes) is 2. The number of allylic oxidation sites excluding steroid dienone is 1. The van der Waals surface area contributed by atoms with Crippen molar-refractivity contribution in [2.75, 3.05) is 13.7 Å². The van der Waals surface area contributed by atoms with Crippen LogP contribution < -0.4 is 0 Å². The number of hydrogen-bond donors (Lipinski definition) is 1. The average Bonchev–Trinajstić information content (AvgIpc) is 3.22. The standard InChI is InChI=1S/C22H36O6/c1-3-4-5-8-15(27-21-9-6-7-12-26-21)10-11-16-17-14-20(23)28-19(17)13-18(16)22(24)25-2/h10-11,15-21,23H,3-9,12-14H2,1-2H3. The van der Waals surface area contributed by atoms with Crippen molar-refractivity contribution in [1.29, 1.82) is 0 Å². The lowest BCUT2D eigenvalue weighted by Crippen LogP contribution is -2.28. The third-order valence-electron chi connectivity index (χ3n) is 6.34. The van der Waals surface area contributed by atoms with E-state index in [-0.39, 0.29) is 42.2 Å². The Labute approximate surface area is 168 Å². The Morgan fingerprint density at radius 3 is 2.86 bits per heavy atom. The molecule has 7 unspecified atom stereocenters. The topological polar surface area (TPSA) is 74.2 Å². The number of hydrogen-bond acceptors (Lipinski definition) is 6. The van der Waals surface area contributed by atoms with E-state index < -0.39 is 6.29 Å². The Hall–Kier alpha value is -0.950. The van der Waals surface area contributed by atoms with Crippen LogP contribution in [0.3, 0.4) is 0 Å². The number of carbonyl (C=O) groups excluding carboxylic acids is 1. The van der Waals surface area contributed by atoms with E-state index in [0.717, 1.165) is 38.7 Å². The van der Waals surface area contributed by atoms with Gasteiger partial charge in [0.05, 0.1) is 25.2 Å². The molecule has 2 heterocycles. The molecule has 1 N–H and O–H groups in total. The van der Waals surface area contributed by atoms with E-state index in [1.807, 2.05) is 0 Å². The zero-order chi connectivity index (χ0) is 19.9. The van der Waals surface area contributed by atoms with E-state index in [4.69, 9.17) is 18.9 Å². The lowest BCUT2D eigenvalue weighted by molar-refractivity contribution is -0.179. The molecular formula is C22H36O6. The van der Waals surface area contributed by atoms with Crippen molar-refractivity contribution < 1.29 is 28.8 Å². The summed E-state index contributed by atoms with van der Waals surface area (Å²) in [5, 5.41) is 9.87. The smallest absolute Gasteiger partial charge is 0.309 e. The fraction of sp³-hybridized carbons (Fsp3) is 0.864. The quantitative estimate of drug-likeness (QED) is 0.365. The van der Waals surface area contributed by atoms with Gasteiger partial charge >= 0.3 is 5.97 Å². The minimum atomic E-state index is -0.725. The van der Waals surface area contributed by atoms with Gasteiger partial charge in [0.1, 0.15) is 0 Å². The van der Waals surface area contributed by atoms with Crippen molar-refractivity contribution >= 4 is 5.97 Å². The summed E-state index contributed by atoms with van der Waals surface area (Å²) in [5.74, 6) is -0.246. The number of ether oxygens (including phenoxy) is 4. The second-order valence-corrected chi connectivity index (χ2v) is 8.32. The number of fused-ring (bicyclic) bond motifs is 1. The summed E-state index contributed by atoms with van der Waals surface area (Å²) in [6.45, 7) is 2.96. The minimum Gasteiger partial charge on any atom is -0.469 e. The molecular weight excluding hydrogens is 360 g/mol. The molecule has 6 heteroatoms. The zero-order valence-corrected chi connectivity index (χ0v) is 17.3. The fourth-order valence-corrected chi connectivity index (χ4v) is 4.84. The highest BCUT2D eigenvalue weighted by Gasteiger charge is 2.51. The number of methoxy groups -OCH3 is 1. The van der Waals surface area contributed by atoms with Crippen LogP contribution in [0.2, 0.25) is 0 Å². The maximum Gasteiger partial charge on any atom is 0.309 e. The maximum absolute atomic E-state index is 12.3. The maximum atomic E-state index is 12.3. The highest BCUT2D eigenvalue weighted by atomic mass is 16.7. The van der Waals surface area contributed by atoms with E-state index in [1.54, 1.807) is 0 Å². The first-order chi connectivity index (χ1) is 13.6. The molecule has 3 fully saturated rings. The van der Waals surface area contributed by atoms with Gasteiger partial charge in [0.15, 0.2) is 12.6 Å². The van der Waals surface area contributed by atoms with E-state index in [2.05, 4.69) is 19.1 Å². The molecule has 7 atom stereocenters. The number of esters is 1. The van der Waals surface area contributed by atoms with Gasteiger partial charge in [-0.1, -0.05) is 38.3 Å². The van der Waals surface area contributed by atoms with Gasteiger partial charge in [-0.2, -0.15) is 0 Å². The van der Waals surface area contributed by atoms with Gasteiger partial charge in [0.2, 0.25) is 0 Å². The lowest BCUT2D eigenvalue weighted by Gasteiger charge is -2.27. The predicted octanol–water partition coefficient (Wildman–Crippen LogP) is 3.57. The van der Waals surface area contributed by atoms with Crippen molar-refractivity contribution in [2.45, 2.75) is 89.5 Å². The summed E-state index contributed by atoms with van der Waals surface area (Å²) >= 11 is 0. The van der Waals surface area contributed by atoms with Crippen LogP contribution in [-0.2, 0) is 23.7 Å². The van der Waals surface area contributed by atoms with Crippen LogP contribution in [0.1, 0.15) is 64.7 Å². The van der Waals surface area contributed by atoms with E-state index in [1.165, 1.54) is 20.0 Å². The molecule has 6 nitrogen and oxygen atoms in total. The van der Waals surface area contributed by atoms with E-state index >= 15 is 0 Å². The molecule has 0 aromatic heterocycles. The molecule has 0 aromatic carbocycles. The molecule has 1 aliphatic carbocycles. The summed E-state index contributed by atoms with van der Waals surface area (Å²) in [4.78, 5) is 12.3. The van der Waals surface area contributed by atoms with Crippen molar-refractivity contribution in [1.82, 2.24) is 0 Å². The summed E-state index contributed by atoms with van der Waals surface area (Å²) in [6.07, 6.45) is 12.1. The largest absolute Gasteiger partial charge is 0.469 e. The number of aliphatic hydroxyl groups is 1. The lowest BCUT2D eigenvalue weighted by atomic mass is 9.86. The Morgan fingerprint density at radius 1 is 1.29 bits per heavy atom. The van der Waals surface area contributed by atoms with Gasteiger partial charge in [0.25, 0.3) is 0 Å². The predicted molar refractivity (Wildman–Crippen MR) is 104 cm³/mol. The zero-order valence-electron chi connectivity index (χ0n) is 17.3. The summed E-state index contributed by atoms with van der Waals surface area (Å²) in [6, 6.07) is 0. The average molecular weight is 397 g/mol. The normalized spacial score (nSPS) is 36.5. The van der Waals surface area contributed by atoms with E-state index in [9.17, 15) is 9.90 Å². The molecule has 3 aliphatic rings. The van der Waals surface area contributed by atoms with E-state index in [0.29, 0.717) is 12.8 Å². The minimum absolute atomic E-state index is 0.0131. The molecule has 2 saturated heterocycles. The highest BCUT2D eigenvalue weighted by Crippen LogP contribution is 2.47. The SMILES string of the molecule is CCCCCC(C=CC1C(C(=O)OC)CC2OC(O)CC21)OC1CCCCO1. The molecule has 28 heavy (non-hydrogen) atoms. The van der Waals surface area contributed by atoms with Gasteiger partial charge in [-0.05, 0) is 43.9 Å². The molecule has 0 amide bonds. The summed E-state index contributed by atoms with van der Waals surface area (Å²) in [7, 11) is 1.43. The summed E-state index contributed by atoms with van der Waals surface area (Å²) < 4.78 is 22.6. The van der Waals surface area contributed by atoms with Gasteiger partial charge in [0, 0.05) is 13.0 Å². The van der Waals surface area contributed by atoms with Crippen LogP contribution in [0.15, 0.2) is 12.2 Å². The number of aliphatic hydroxyl groups excluding tert-OH is 1. The first kappa shape index (κ1) is 21.8. The Bertz CT molecular complexity index is 515. The second-order valence-electron chi connectivity index (χ2n) is 8.32. The molecule has 0 aromatic rings. The van der Waals surface area contributed by atoms with Crippen molar-refractivity contribution in [3.8, 4) is 0 Å². The van der Waals surface area contributed by atoms with Gasteiger partial charge in [-0.25, -0.2) is 0 Å². The van der Waals surface area contributed by atoms with Gasteiger partial charge < -0.3 is 24.1 Å². The van der Waals surface area contributed by atoms with Crippen molar-refractivity contribution in [2.24, 2.45) is 17.8 Å². The van der Waals surface area contributed by atoms with Crippen LogP contribution in [0.25, 0.3) is 0 Å². The van der Waals surface area contributed by atoms with Crippen LogP contribution >= 0.6 is 0 Å². The Kier molecular flexibility index (Phi) is 8.33. The third-order valence-corrected chi connectivity index (χ3v) is 6.34. The second kappa shape index (κ2) is 10.7. The molecule has 160 valence electrons. The third kappa shape index (κ3) is 5.56. The first-order valence-electron chi connectivity index (χ1n) is 11.0. The molecule has 0 radical (unpaired) electrons. The first-order valence-corrected chi connectivity index (χ1v) is 11.0. The van der Waals surface area contributed by atoms with Crippen LogP contribution in [0.4, 0.5) is 0 Å². The number of rotatable bonds is 9. The molecule has 2 aliphatic heterocycles. The highest BCUT2D eigenvalue weighted by molar-refractivity contribution is 5.73. The van der Waals surface area contributed by atoms with Crippen LogP contribution in [-0.4, -0.2) is 49.6 Å². The molecule has 0 bridgehead atoms. The molecule has 0 spiro atoms. The summed E-state index contributed by atoms with van der Waals surface area (Å²) in [5.41, 5.74) is 0. The Balaban J connectivity index is 1.67. The molecule has 3 rings (SSSR count). The van der Waals surface area contributed by atoms with Gasteiger partial charge in [-0.15, -0.1) is 0 Å². The fourth-order valence-electron chi connectivity index (χ4n) is 4.84. The van der Waals surface area contributed by atoms with Crippen molar-refractivity contribution in [3.05, 3.63) is 12.2 Å². The monoisotopic (exact) mass is 396 g/mol. The van der Waals surface area contributed by atoms with Crippen LogP contribution in [0, 0.1) is 17.8 Å². The number of carbonyl (C=O) groups is 1. The van der Waals surface area contributed by atoms with Gasteiger partial charge in [-0.3, -0.25) is 4.79 Å². The van der Waals surface area contributed by atoms with Crippen LogP contribution in [0.5, 0.6) is 0 Å². The Morgan fingerprint density at radius 2 is 2.14 bits per heavy atom. The van der Waals surface area contributed by atoms with Crippen molar-refractivity contribution in [3.63, 3.8) is 0 Å². The molecule has 1 saturated carbocycles.